The molecule has 0 aliphatic carbocycles. The monoisotopic (exact) mass is 230 g/mol. The summed E-state index contributed by atoms with van der Waals surface area (Å²) in [6, 6.07) is 0.433. The van der Waals surface area contributed by atoms with Crippen LogP contribution in [-0.4, -0.2) is 71.9 Å². The van der Waals surface area contributed by atoms with Crippen LogP contribution in [0.25, 0.3) is 0 Å². The number of hydrogen-bond donors (Lipinski definition) is 2. The first-order chi connectivity index (χ1) is 7.63. The lowest BCUT2D eigenvalue weighted by Crippen LogP contribution is -2.45. The predicted octanol–water partition coefficient (Wildman–Crippen LogP) is -0.150. The Morgan fingerprint density at radius 1 is 1.38 bits per heavy atom. The van der Waals surface area contributed by atoms with Gasteiger partial charge < -0.3 is 15.1 Å². The Balaban J connectivity index is 2.39. The third kappa shape index (κ3) is 4.47. The average Bonchev–Trinajstić information content (AvgIpc) is 2.25. The van der Waals surface area contributed by atoms with E-state index in [0.29, 0.717) is 19.1 Å². The number of piperidine rings is 1. The molecule has 16 heavy (non-hydrogen) atoms. The summed E-state index contributed by atoms with van der Waals surface area (Å²) in [5.41, 5.74) is 0. The summed E-state index contributed by atoms with van der Waals surface area (Å²) < 4.78 is 0. The van der Waals surface area contributed by atoms with Gasteiger partial charge in [-0.25, -0.2) is 0 Å². The Morgan fingerprint density at radius 2 is 2.00 bits per heavy atom. The SMILES string of the molecule is CN1CCC(N(CCO)CCC(=O)O)CC1. The van der Waals surface area contributed by atoms with E-state index in [0.717, 1.165) is 25.9 Å². The van der Waals surface area contributed by atoms with Gasteiger partial charge in [-0.2, -0.15) is 0 Å². The molecule has 0 aromatic heterocycles. The molecule has 5 nitrogen and oxygen atoms in total. The van der Waals surface area contributed by atoms with E-state index in [1.165, 1.54) is 0 Å². The van der Waals surface area contributed by atoms with E-state index >= 15 is 0 Å². The van der Waals surface area contributed by atoms with Crippen LogP contribution in [0.1, 0.15) is 19.3 Å². The van der Waals surface area contributed by atoms with Gasteiger partial charge in [-0.05, 0) is 33.0 Å². The number of rotatable bonds is 6. The van der Waals surface area contributed by atoms with Crippen LogP contribution in [0.5, 0.6) is 0 Å². The Bertz CT molecular complexity index is 215. The Labute approximate surface area is 96.7 Å². The normalized spacial score (nSPS) is 19.2. The highest BCUT2D eigenvalue weighted by Gasteiger charge is 2.22. The van der Waals surface area contributed by atoms with Crippen molar-refractivity contribution in [2.45, 2.75) is 25.3 Å². The van der Waals surface area contributed by atoms with Crippen molar-refractivity contribution in [3.63, 3.8) is 0 Å². The van der Waals surface area contributed by atoms with Crippen molar-refractivity contribution in [3.05, 3.63) is 0 Å². The fourth-order valence-electron chi connectivity index (χ4n) is 2.20. The van der Waals surface area contributed by atoms with Gasteiger partial charge in [0, 0.05) is 19.1 Å². The van der Waals surface area contributed by atoms with E-state index in [2.05, 4.69) is 16.8 Å². The fraction of sp³-hybridized carbons (Fsp3) is 0.909. The summed E-state index contributed by atoms with van der Waals surface area (Å²) in [6.07, 6.45) is 2.29. The van der Waals surface area contributed by atoms with E-state index in [-0.39, 0.29) is 13.0 Å². The molecule has 0 unspecified atom stereocenters. The van der Waals surface area contributed by atoms with Crippen molar-refractivity contribution < 1.29 is 15.0 Å². The third-order valence-electron chi connectivity index (χ3n) is 3.20. The summed E-state index contributed by atoms with van der Waals surface area (Å²) in [4.78, 5) is 14.9. The van der Waals surface area contributed by atoms with Crippen molar-refractivity contribution >= 4 is 5.97 Å². The number of carboxylic acids is 1. The van der Waals surface area contributed by atoms with Crippen LogP contribution in [0, 0.1) is 0 Å². The Hall–Kier alpha value is -0.650. The number of carboxylic acid groups (broad SMARTS) is 1. The lowest BCUT2D eigenvalue weighted by molar-refractivity contribution is -0.137. The zero-order valence-electron chi connectivity index (χ0n) is 9.93. The number of nitrogens with zero attached hydrogens (tertiary/aromatic N) is 2. The van der Waals surface area contributed by atoms with E-state index in [1.54, 1.807) is 0 Å². The molecule has 5 heteroatoms. The highest BCUT2D eigenvalue weighted by Crippen LogP contribution is 2.15. The second-order valence-electron chi connectivity index (χ2n) is 4.44. The molecule has 1 rings (SSSR count). The van der Waals surface area contributed by atoms with Gasteiger partial charge in [-0.3, -0.25) is 9.69 Å². The molecular weight excluding hydrogens is 208 g/mol. The molecule has 0 saturated carbocycles. The van der Waals surface area contributed by atoms with Gasteiger partial charge >= 0.3 is 5.97 Å². The molecule has 0 spiro atoms. The topological polar surface area (TPSA) is 64.0 Å². The van der Waals surface area contributed by atoms with Crippen molar-refractivity contribution in [2.75, 3.05) is 39.8 Å². The Kier molecular flexibility index (Phi) is 5.73. The number of likely N-dealkylation sites (tertiary alicyclic amines) is 1. The maximum Gasteiger partial charge on any atom is 0.304 e. The zero-order chi connectivity index (χ0) is 12.0. The van der Waals surface area contributed by atoms with Gasteiger partial charge in [0.2, 0.25) is 0 Å². The minimum absolute atomic E-state index is 0.103. The van der Waals surface area contributed by atoms with E-state index in [9.17, 15) is 4.79 Å². The molecule has 1 saturated heterocycles. The van der Waals surface area contributed by atoms with E-state index in [1.807, 2.05) is 0 Å². The van der Waals surface area contributed by atoms with Crippen LogP contribution < -0.4 is 0 Å². The molecule has 1 heterocycles. The second kappa shape index (κ2) is 6.83. The molecule has 0 amide bonds. The van der Waals surface area contributed by atoms with Crippen LogP contribution in [0.3, 0.4) is 0 Å². The number of aliphatic hydroxyl groups excluding tert-OH is 1. The maximum absolute atomic E-state index is 10.5. The van der Waals surface area contributed by atoms with Gasteiger partial charge in [0.05, 0.1) is 13.0 Å². The molecule has 0 atom stereocenters. The largest absolute Gasteiger partial charge is 0.481 e. The summed E-state index contributed by atoms with van der Waals surface area (Å²) in [5, 5.41) is 17.7. The first-order valence-electron chi connectivity index (χ1n) is 5.88. The zero-order valence-corrected chi connectivity index (χ0v) is 9.93. The fourth-order valence-corrected chi connectivity index (χ4v) is 2.20. The molecule has 94 valence electrons. The standard InChI is InChI=1S/C11H22N2O3/c1-12-5-2-10(3-6-12)13(8-9-14)7-4-11(15)16/h10,14H,2-9H2,1H3,(H,15,16). The quantitative estimate of drug-likeness (QED) is 0.664. The molecule has 1 aliphatic rings. The van der Waals surface area contributed by atoms with E-state index in [4.69, 9.17) is 10.2 Å². The summed E-state index contributed by atoms with van der Waals surface area (Å²) in [5.74, 6) is -0.768. The molecule has 0 aromatic rings. The lowest BCUT2D eigenvalue weighted by atomic mass is 10.0. The van der Waals surface area contributed by atoms with Gasteiger partial charge in [0.25, 0.3) is 0 Å². The Morgan fingerprint density at radius 3 is 2.50 bits per heavy atom. The first-order valence-corrected chi connectivity index (χ1v) is 5.88. The maximum atomic E-state index is 10.5. The van der Waals surface area contributed by atoms with Crippen molar-refractivity contribution in [1.29, 1.82) is 0 Å². The minimum Gasteiger partial charge on any atom is -0.481 e. The van der Waals surface area contributed by atoms with Crippen LogP contribution in [0.4, 0.5) is 0 Å². The van der Waals surface area contributed by atoms with Crippen LogP contribution in [0.2, 0.25) is 0 Å². The van der Waals surface area contributed by atoms with Crippen molar-refractivity contribution in [2.24, 2.45) is 0 Å². The summed E-state index contributed by atoms with van der Waals surface area (Å²) >= 11 is 0. The first kappa shape index (κ1) is 13.4. The van der Waals surface area contributed by atoms with E-state index < -0.39 is 5.97 Å². The third-order valence-corrected chi connectivity index (χ3v) is 3.20. The second-order valence-corrected chi connectivity index (χ2v) is 4.44. The van der Waals surface area contributed by atoms with Crippen LogP contribution in [-0.2, 0) is 4.79 Å². The van der Waals surface area contributed by atoms with Crippen LogP contribution in [0.15, 0.2) is 0 Å². The van der Waals surface area contributed by atoms with Crippen LogP contribution >= 0.6 is 0 Å². The molecule has 0 aromatic carbocycles. The highest BCUT2D eigenvalue weighted by molar-refractivity contribution is 5.66. The van der Waals surface area contributed by atoms with Gasteiger partial charge in [0.1, 0.15) is 0 Å². The smallest absolute Gasteiger partial charge is 0.304 e. The summed E-state index contributed by atoms with van der Waals surface area (Å²) in [7, 11) is 2.10. The van der Waals surface area contributed by atoms with Gasteiger partial charge in [0.15, 0.2) is 0 Å². The van der Waals surface area contributed by atoms with Crippen molar-refractivity contribution in [1.82, 2.24) is 9.80 Å². The molecule has 1 aliphatic heterocycles. The molecule has 0 radical (unpaired) electrons. The number of aliphatic carboxylic acids is 1. The average molecular weight is 230 g/mol. The number of carbonyl (C=O) groups is 1. The predicted molar refractivity (Wildman–Crippen MR) is 61.4 cm³/mol. The van der Waals surface area contributed by atoms with Gasteiger partial charge in [-0.1, -0.05) is 0 Å². The number of hydrogen-bond acceptors (Lipinski definition) is 4. The lowest BCUT2D eigenvalue weighted by Gasteiger charge is -2.36. The number of aliphatic hydroxyl groups is 1. The molecule has 2 N–H and O–H groups in total. The molecular formula is C11H22N2O3. The highest BCUT2D eigenvalue weighted by atomic mass is 16.4. The minimum atomic E-state index is -0.768. The summed E-state index contributed by atoms with van der Waals surface area (Å²) in [6.45, 7) is 3.34. The van der Waals surface area contributed by atoms with Crippen molar-refractivity contribution in [3.8, 4) is 0 Å². The molecule has 1 fully saturated rings. The molecule has 0 bridgehead atoms. The van der Waals surface area contributed by atoms with Gasteiger partial charge in [-0.15, -0.1) is 0 Å².